The van der Waals surface area contributed by atoms with Crippen molar-refractivity contribution in [2.45, 2.75) is 19.4 Å². The third-order valence-corrected chi connectivity index (χ3v) is 2.95. The fourth-order valence-electron chi connectivity index (χ4n) is 1.92. The van der Waals surface area contributed by atoms with Gasteiger partial charge in [-0.3, -0.25) is 4.68 Å². The summed E-state index contributed by atoms with van der Waals surface area (Å²) in [6.45, 7) is 1.98. The van der Waals surface area contributed by atoms with Crippen molar-refractivity contribution in [3.05, 3.63) is 52.9 Å². The molecule has 2 rings (SSSR count). The van der Waals surface area contributed by atoms with Crippen LogP contribution in [0.5, 0.6) is 0 Å². The normalized spacial score (nSPS) is 12.7. The Kier molecular flexibility index (Phi) is 3.43. The molecule has 1 aromatic carbocycles. The monoisotopic (exact) mass is 251 g/mol. The van der Waals surface area contributed by atoms with Crippen LogP contribution in [0, 0.1) is 11.6 Å². The summed E-state index contributed by atoms with van der Waals surface area (Å²) in [6, 6.07) is 4.60. The van der Waals surface area contributed by atoms with Crippen LogP contribution < -0.4 is 5.73 Å². The number of benzene rings is 1. The Morgan fingerprint density at radius 1 is 1.33 bits per heavy atom. The van der Waals surface area contributed by atoms with Gasteiger partial charge in [0.1, 0.15) is 11.6 Å². The molecular weight excluding hydrogens is 236 g/mol. The van der Waals surface area contributed by atoms with Gasteiger partial charge in [0.2, 0.25) is 0 Å². The van der Waals surface area contributed by atoms with Crippen molar-refractivity contribution < 1.29 is 8.78 Å². The lowest BCUT2D eigenvalue weighted by atomic mass is 10.0. The molecule has 96 valence electrons. The van der Waals surface area contributed by atoms with Gasteiger partial charge in [-0.1, -0.05) is 13.0 Å². The first kappa shape index (κ1) is 12.7. The molecule has 18 heavy (non-hydrogen) atoms. The van der Waals surface area contributed by atoms with Gasteiger partial charge in [0.15, 0.2) is 0 Å². The maximum absolute atomic E-state index is 13.7. The standard InChI is InChI=1S/C13H15F2N3/c1-3-9-7-12(18(2)17-9)13(16)10-5-4-8(14)6-11(10)15/h4-7,13H,3,16H2,1-2H3. The predicted octanol–water partition coefficient (Wildman–Crippen LogP) is 2.31. The van der Waals surface area contributed by atoms with E-state index in [9.17, 15) is 8.78 Å². The van der Waals surface area contributed by atoms with Gasteiger partial charge in [-0.2, -0.15) is 5.10 Å². The zero-order valence-corrected chi connectivity index (χ0v) is 10.3. The Morgan fingerprint density at radius 3 is 2.61 bits per heavy atom. The van der Waals surface area contributed by atoms with E-state index in [-0.39, 0.29) is 5.56 Å². The van der Waals surface area contributed by atoms with Crippen LogP contribution in [-0.4, -0.2) is 9.78 Å². The minimum Gasteiger partial charge on any atom is -0.319 e. The second-order valence-corrected chi connectivity index (χ2v) is 4.18. The van der Waals surface area contributed by atoms with E-state index in [1.807, 2.05) is 13.0 Å². The Hall–Kier alpha value is -1.75. The topological polar surface area (TPSA) is 43.8 Å². The summed E-state index contributed by atoms with van der Waals surface area (Å²) in [4.78, 5) is 0. The fourth-order valence-corrected chi connectivity index (χ4v) is 1.92. The van der Waals surface area contributed by atoms with E-state index in [0.717, 1.165) is 18.2 Å². The highest BCUT2D eigenvalue weighted by Crippen LogP contribution is 2.23. The molecule has 0 bridgehead atoms. The van der Waals surface area contributed by atoms with E-state index in [4.69, 9.17) is 5.73 Å². The van der Waals surface area contributed by atoms with E-state index >= 15 is 0 Å². The molecule has 0 aliphatic carbocycles. The van der Waals surface area contributed by atoms with E-state index in [1.165, 1.54) is 12.1 Å². The molecule has 0 saturated carbocycles. The summed E-state index contributed by atoms with van der Waals surface area (Å²) in [5.74, 6) is -1.25. The lowest BCUT2D eigenvalue weighted by Crippen LogP contribution is -2.17. The third-order valence-electron chi connectivity index (χ3n) is 2.95. The van der Waals surface area contributed by atoms with Crippen molar-refractivity contribution in [2.24, 2.45) is 12.8 Å². The first-order valence-corrected chi connectivity index (χ1v) is 5.76. The van der Waals surface area contributed by atoms with Gasteiger partial charge < -0.3 is 5.73 Å². The summed E-state index contributed by atoms with van der Waals surface area (Å²) < 4.78 is 28.1. The molecule has 0 spiro atoms. The number of nitrogens with two attached hydrogens (primary N) is 1. The quantitative estimate of drug-likeness (QED) is 0.909. The first-order valence-electron chi connectivity index (χ1n) is 5.76. The zero-order valence-electron chi connectivity index (χ0n) is 10.3. The number of rotatable bonds is 3. The second kappa shape index (κ2) is 4.86. The van der Waals surface area contributed by atoms with Crippen molar-refractivity contribution in [3.63, 3.8) is 0 Å². The van der Waals surface area contributed by atoms with E-state index in [2.05, 4.69) is 5.10 Å². The average Bonchev–Trinajstić information content (AvgIpc) is 2.70. The Labute approximate surface area is 104 Å². The van der Waals surface area contributed by atoms with Crippen LogP contribution in [0.3, 0.4) is 0 Å². The number of nitrogens with zero attached hydrogens (tertiary/aromatic N) is 2. The summed E-state index contributed by atoms with van der Waals surface area (Å²) in [7, 11) is 1.76. The number of aromatic nitrogens is 2. The van der Waals surface area contributed by atoms with Crippen LogP contribution in [-0.2, 0) is 13.5 Å². The molecule has 0 aliphatic rings. The molecule has 0 aliphatic heterocycles. The molecule has 5 heteroatoms. The van der Waals surface area contributed by atoms with Crippen LogP contribution >= 0.6 is 0 Å². The Balaban J connectivity index is 2.40. The van der Waals surface area contributed by atoms with Crippen LogP contribution in [0.1, 0.15) is 29.9 Å². The molecule has 1 aromatic heterocycles. The van der Waals surface area contributed by atoms with Crippen LogP contribution in [0.15, 0.2) is 24.3 Å². The highest BCUT2D eigenvalue weighted by atomic mass is 19.1. The molecule has 1 atom stereocenters. The lowest BCUT2D eigenvalue weighted by Gasteiger charge is -2.13. The molecule has 1 unspecified atom stereocenters. The first-order chi connectivity index (χ1) is 8.52. The minimum absolute atomic E-state index is 0.266. The molecule has 0 radical (unpaired) electrons. The van der Waals surface area contributed by atoms with Crippen molar-refractivity contribution in [1.29, 1.82) is 0 Å². The van der Waals surface area contributed by atoms with Crippen molar-refractivity contribution in [1.82, 2.24) is 9.78 Å². The SMILES string of the molecule is CCc1cc(C(N)c2ccc(F)cc2F)n(C)n1. The summed E-state index contributed by atoms with van der Waals surface area (Å²) in [6.07, 6.45) is 0.784. The molecule has 0 fully saturated rings. The Bertz CT molecular complexity index is 563. The molecule has 0 saturated heterocycles. The Morgan fingerprint density at radius 2 is 2.06 bits per heavy atom. The van der Waals surface area contributed by atoms with E-state index in [0.29, 0.717) is 5.69 Å². The molecule has 3 nitrogen and oxygen atoms in total. The predicted molar refractivity (Wildman–Crippen MR) is 65.0 cm³/mol. The van der Waals surface area contributed by atoms with Gasteiger partial charge in [0.25, 0.3) is 0 Å². The van der Waals surface area contributed by atoms with Crippen LogP contribution in [0.2, 0.25) is 0 Å². The average molecular weight is 251 g/mol. The highest BCUT2D eigenvalue weighted by Gasteiger charge is 2.18. The molecule has 2 aromatic rings. The smallest absolute Gasteiger partial charge is 0.131 e. The second-order valence-electron chi connectivity index (χ2n) is 4.18. The maximum atomic E-state index is 13.7. The van der Waals surface area contributed by atoms with Crippen molar-refractivity contribution >= 4 is 0 Å². The summed E-state index contributed by atoms with van der Waals surface area (Å²) in [5.41, 5.74) is 7.88. The third kappa shape index (κ3) is 2.26. The van der Waals surface area contributed by atoms with Gasteiger partial charge in [0.05, 0.1) is 17.4 Å². The van der Waals surface area contributed by atoms with Crippen molar-refractivity contribution in [3.8, 4) is 0 Å². The lowest BCUT2D eigenvalue weighted by molar-refractivity contribution is 0.559. The maximum Gasteiger partial charge on any atom is 0.131 e. The van der Waals surface area contributed by atoms with Gasteiger partial charge >= 0.3 is 0 Å². The fraction of sp³-hybridized carbons (Fsp3) is 0.308. The van der Waals surface area contributed by atoms with Gasteiger partial charge in [-0.15, -0.1) is 0 Å². The number of hydrogen-bond donors (Lipinski definition) is 1. The van der Waals surface area contributed by atoms with E-state index in [1.54, 1.807) is 11.7 Å². The molecule has 0 amide bonds. The van der Waals surface area contributed by atoms with Gasteiger partial charge in [-0.05, 0) is 18.6 Å². The number of halogens is 2. The molecular formula is C13H15F2N3. The van der Waals surface area contributed by atoms with Gasteiger partial charge in [0, 0.05) is 18.7 Å². The highest BCUT2D eigenvalue weighted by molar-refractivity contribution is 5.30. The summed E-state index contributed by atoms with van der Waals surface area (Å²) in [5, 5.41) is 4.26. The van der Waals surface area contributed by atoms with E-state index < -0.39 is 17.7 Å². The minimum atomic E-state index is -0.650. The largest absolute Gasteiger partial charge is 0.319 e. The molecule has 2 N–H and O–H groups in total. The zero-order chi connectivity index (χ0) is 13.3. The van der Waals surface area contributed by atoms with Crippen molar-refractivity contribution in [2.75, 3.05) is 0 Å². The summed E-state index contributed by atoms with van der Waals surface area (Å²) >= 11 is 0. The number of aryl methyl sites for hydroxylation is 2. The van der Waals surface area contributed by atoms with Gasteiger partial charge in [-0.25, -0.2) is 8.78 Å². The van der Waals surface area contributed by atoms with Crippen LogP contribution in [0.25, 0.3) is 0 Å². The number of hydrogen-bond acceptors (Lipinski definition) is 2. The molecule has 1 heterocycles. The van der Waals surface area contributed by atoms with Crippen LogP contribution in [0.4, 0.5) is 8.78 Å².